The molecule has 0 heterocycles. The topological polar surface area (TPSA) is 26.3 Å². The molecule has 0 N–H and O–H groups in total. The summed E-state index contributed by atoms with van der Waals surface area (Å²) in [5, 5.41) is 0. The lowest BCUT2D eigenvalue weighted by molar-refractivity contribution is -0.267. The van der Waals surface area contributed by atoms with Gasteiger partial charge in [0.05, 0.1) is 7.11 Å². The van der Waals surface area contributed by atoms with Gasteiger partial charge in [0.25, 0.3) is 0 Å². The first kappa shape index (κ1) is 13.3. The average molecular weight is 245 g/mol. The van der Waals surface area contributed by atoms with Crippen molar-refractivity contribution in [2.75, 3.05) is 7.11 Å². The number of methoxy groups -OCH3 is 1. The Hall–Kier alpha value is -0.660. The van der Waals surface area contributed by atoms with Gasteiger partial charge in [0, 0.05) is 0 Å². The molecule has 2 nitrogen and oxygen atoms in total. The highest BCUT2D eigenvalue weighted by Crippen LogP contribution is 2.48. The molecule has 0 unspecified atom stereocenters. The van der Waals surface area contributed by atoms with Crippen molar-refractivity contribution < 1.29 is 35.9 Å². The van der Waals surface area contributed by atoms with Crippen molar-refractivity contribution in [3.8, 4) is 0 Å². The van der Waals surface area contributed by atoms with Gasteiger partial charge in [0.15, 0.2) is 0 Å². The molecule has 0 amide bonds. The Morgan fingerprint density at radius 3 is 1.43 bits per heavy atom. The molecular formula is C5H3ClF6O2. The lowest BCUT2D eigenvalue weighted by Crippen LogP contribution is -2.58. The molecule has 0 fully saturated rings. The first-order valence-corrected chi connectivity index (χ1v) is 3.27. The first-order valence-electron chi connectivity index (χ1n) is 2.89. The molecule has 0 saturated carbocycles. The van der Waals surface area contributed by atoms with Gasteiger partial charge in [-0.3, -0.25) is 0 Å². The molecule has 0 rings (SSSR count). The van der Waals surface area contributed by atoms with E-state index in [1.54, 1.807) is 0 Å². The minimum absolute atomic E-state index is 0.372. The smallest absolute Gasteiger partial charge is 0.427 e. The van der Waals surface area contributed by atoms with Crippen LogP contribution in [0.2, 0.25) is 0 Å². The summed E-state index contributed by atoms with van der Waals surface area (Å²) in [4.78, 5) is 5.33. The molecule has 9 heteroatoms. The molecule has 0 aliphatic rings. The predicted octanol–water partition coefficient (Wildman–Crippen LogP) is 2.26. The standard InChI is InChI=1S/C5H3ClF6O2/c1-14-2(13)3(6,4(7,8)9)5(10,11)12/h1H3. The van der Waals surface area contributed by atoms with Crippen molar-refractivity contribution in [3.05, 3.63) is 0 Å². The summed E-state index contributed by atoms with van der Waals surface area (Å²) >= 11 is 4.22. The van der Waals surface area contributed by atoms with Gasteiger partial charge in [-0.1, -0.05) is 11.6 Å². The van der Waals surface area contributed by atoms with Crippen molar-refractivity contribution >= 4 is 17.6 Å². The number of carbonyl (C=O) groups is 1. The van der Waals surface area contributed by atoms with Crippen molar-refractivity contribution in [2.24, 2.45) is 0 Å². The van der Waals surface area contributed by atoms with E-state index >= 15 is 0 Å². The molecule has 0 aromatic heterocycles. The monoisotopic (exact) mass is 244 g/mol. The van der Waals surface area contributed by atoms with Crippen LogP contribution < -0.4 is 0 Å². The number of carbonyl (C=O) groups excluding carboxylic acids is 1. The Morgan fingerprint density at radius 1 is 1.07 bits per heavy atom. The van der Waals surface area contributed by atoms with Gasteiger partial charge in [-0.15, -0.1) is 0 Å². The fraction of sp³-hybridized carbons (Fsp3) is 0.800. The van der Waals surface area contributed by atoms with Gasteiger partial charge in [-0.2, -0.15) is 26.3 Å². The Labute approximate surface area is 78.8 Å². The van der Waals surface area contributed by atoms with Crippen LogP contribution in [0.5, 0.6) is 0 Å². The molecule has 0 aromatic rings. The molecule has 84 valence electrons. The van der Waals surface area contributed by atoms with Gasteiger partial charge in [0.2, 0.25) is 0 Å². The van der Waals surface area contributed by atoms with Gasteiger partial charge in [0.1, 0.15) is 0 Å². The van der Waals surface area contributed by atoms with Crippen molar-refractivity contribution in [2.45, 2.75) is 17.2 Å². The van der Waals surface area contributed by atoms with Crippen LogP contribution in [-0.4, -0.2) is 30.3 Å². The van der Waals surface area contributed by atoms with Crippen molar-refractivity contribution in [1.29, 1.82) is 0 Å². The Morgan fingerprint density at radius 2 is 1.36 bits per heavy atom. The SMILES string of the molecule is COC(=O)C(Cl)(C(F)(F)F)C(F)(F)F. The minimum atomic E-state index is -5.97. The molecule has 14 heavy (non-hydrogen) atoms. The van der Waals surface area contributed by atoms with Crippen LogP contribution in [-0.2, 0) is 9.53 Å². The number of ether oxygens (including phenoxy) is 1. The van der Waals surface area contributed by atoms with E-state index in [9.17, 15) is 31.1 Å². The second kappa shape index (κ2) is 3.48. The zero-order valence-corrected chi connectivity index (χ0v) is 7.22. The Bertz CT molecular complexity index is 217. The van der Waals surface area contributed by atoms with Crippen molar-refractivity contribution in [1.82, 2.24) is 0 Å². The highest BCUT2D eigenvalue weighted by Gasteiger charge is 2.76. The number of hydrogen-bond acceptors (Lipinski definition) is 2. The minimum Gasteiger partial charge on any atom is -0.467 e. The Balaban J connectivity index is 5.40. The number of halogens is 7. The first-order chi connectivity index (χ1) is 5.98. The third kappa shape index (κ3) is 1.89. The third-order valence-corrected chi connectivity index (χ3v) is 1.83. The van der Waals surface area contributed by atoms with E-state index in [4.69, 9.17) is 0 Å². The number of alkyl halides is 7. The van der Waals surface area contributed by atoms with E-state index in [1.165, 1.54) is 0 Å². The van der Waals surface area contributed by atoms with E-state index in [0.29, 0.717) is 7.11 Å². The average Bonchev–Trinajstić information content (AvgIpc) is 1.97. The number of esters is 1. The zero-order chi connectivity index (χ0) is 11.8. The highest BCUT2D eigenvalue weighted by molar-refractivity contribution is 6.35. The second-order valence-corrected chi connectivity index (χ2v) is 2.71. The van der Waals surface area contributed by atoms with Crippen LogP contribution in [0.4, 0.5) is 26.3 Å². The summed E-state index contributed by atoms with van der Waals surface area (Å²) in [5.74, 6) is -2.61. The summed E-state index contributed by atoms with van der Waals surface area (Å²) in [6.45, 7) is 0. The highest BCUT2D eigenvalue weighted by atomic mass is 35.5. The fourth-order valence-corrected chi connectivity index (χ4v) is 0.610. The van der Waals surface area contributed by atoms with Crippen LogP contribution in [0.3, 0.4) is 0 Å². The molecule has 0 aliphatic carbocycles. The molecule has 0 saturated heterocycles. The summed E-state index contributed by atoms with van der Waals surface area (Å²) in [5.41, 5.74) is 0. The van der Waals surface area contributed by atoms with E-state index in [-0.39, 0.29) is 0 Å². The molecule has 0 spiro atoms. The van der Waals surface area contributed by atoms with E-state index < -0.39 is 23.2 Å². The maximum Gasteiger partial charge on any atom is 0.427 e. The lowest BCUT2D eigenvalue weighted by Gasteiger charge is -2.28. The quantitative estimate of drug-likeness (QED) is 0.402. The zero-order valence-electron chi connectivity index (χ0n) is 6.46. The molecule has 0 radical (unpaired) electrons. The fourth-order valence-electron chi connectivity index (χ4n) is 0.533. The maximum absolute atomic E-state index is 11.9. The second-order valence-electron chi connectivity index (χ2n) is 2.15. The van der Waals surface area contributed by atoms with E-state index in [2.05, 4.69) is 16.3 Å². The normalized spacial score (nSPS) is 14.0. The maximum atomic E-state index is 11.9. The lowest BCUT2D eigenvalue weighted by atomic mass is 10.1. The van der Waals surface area contributed by atoms with Gasteiger partial charge >= 0.3 is 23.2 Å². The number of hydrogen-bond donors (Lipinski definition) is 0. The molecule has 0 bridgehead atoms. The number of rotatable bonds is 1. The predicted molar refractivity (Wildman–Crippen MR) is 32.7 cm³/mol. The van der Waals surface area contributed by atoms with E-state index in [1.807, 2.05) is 0 Å². The Kier molecular flexibility index (Phi) is 3.32. The van der Waals surface area contributed by atoms with Crippen LogP contribution in [0.1, 0.15) is 0 Å². The van der Waals surface area contributed by atoms with Crippen LogP contribution in [0.15, 0.2) is 0 Å². The van der Waals surface area contributed by atoms with Gasteiger partial charge < -0.3 is 4.74 Å². The van der Waals surface area contributed by atoms with Gasteiger partial charge in [-0.05, 0) is 0 Å². The summed E-state index contributed by atoms with van der Waals surface area (Å²) < 4.78 is 74.7. The van der Waals surface area contributed by atoms with Crippen LogP contribution >= 0.6 is 11.6 Å². The van der Waals surface area contributed by atoms with Gasteiger partial charge in [-0.25, -0.2) is 4.79 Å². The van der Waals surface area contributed by atoms with Crippen LogP contribution in [0.25, 0.3) is 0 Å². The summed E-state index contributed by atoms with van der Waals surface area (Å²) in [7, 11) is 0.372. The molecular weight excluding hydrogens is 241 g/mol. The molecule has 0 atom stereocenters. The largest absolute Gasteiger partial charge is 0.467 e. The third-order valence-electron chi connectivity index (χ3n) is 1.25. The van der Waals surface area contributed by atoms with Crippen molar-refractivity contribution in [3.63, 3.8) is 0 Å². The molecule has 0 aliphatic heterocycles. The van der Waals surface area contributed by atoms with E-state index in [0.717, 1.165) is 0 Å². The van der Waals surface area contributed by atoms with Crippen LogP contribution in [0, 0.1) is 0 Å². The molecule has 0 aromatic carbocycles. The summed E-state index contributed by atoms with van der Waals surface area (Å²) in [6.07, 6.45) is -11.9. The summed E-state index contributed by atoms with van der Waals surface area (Å²) in [6, 6.07) is 0.